The highest BCUT2D eigenvalue weighted by Crippen LogP contribution is 2.64. The summed E-state index contributed by atoms with van der Waals surface area (Å²) < 4.78 is 48.6. The van der Waals surface area contributed by atoms with Gasteiger partial charge in [0, 0.05) is 76.5 Å². The molecule has 2 aliphatic heterocycles. The molecule has 2 saturated heterocycles. The van der Waals surface area contributed by atoms with Gasteiger partial charge >= 0.3 is 36.1 Å². The Labute approximate surface area is 602 Å². The number of fused-ring (bicyclic) bond motifs is 5. The Morgan fingerprint density at radius 1 is 0.721 bits per heavy atom. The average Bonchev–Trinajstić information content (AvgIpc) is 0.702. The fraction of sp³-hybridized carbons (Fsp3) is 0.500. The molecule has 3 aliphatic carbocycles. The van der Waals surface area contributed by atoms with E-state index in [9.17, 15) is 58.2 Å². The van der Waals surface area contributed by atoms with Gasteiger partial charge in [0.05, 0.1) is 36.2 Å². The van der Waals surface area contributed by atoms with E-state index in [-0.39, 0.29) is 71.6 Å². The van der Waals surface area contributed by atoms with Crippen molar-refractivity contribution >= 4 is 76.9 Å². The Morgan fingerprint density at radius 3 is 1.89 bits per heavy atom. The number of ether oxygens (including phenoxy) is 8. The van der Waals surface area contributed by atoms with E-state index >= 15 is 9.59 Å². The smallest absolute Gasteiger partial charge is 0.410 e. The minimum Gasteiger partial charge on any atom is -0.455 e. The number of esters is 4. The van der Waals surface area contributed by atoms with Crippen molar-refractivity contribution in [2.75, 3.05) is 45.7 Å². The molecule has 104 heavy (non-hydrogen) atoms. The van der Waals surface area contributed by atoms with Crippen molar-refractivity contribution < 1.29 is 106 Å². The van der Waals surface area contributed by atoms with Crippen LogP contribution in [0.5, 0.6) is 0 Å². The summed E-state index contributed by atoms with van der Waals surface area (Å²) in [7, 11) is 2.73. The van der Waals surface area contributed by atoms with Gasteiger partial charge in [-0.2, -0.15) is 0 Å². The number of benzene rings is 4. The van der Waals surface area contributed by atoms with Crippen molar-refractivity contribution in [1.29, 1.82) is 0 Å². The summed E-state index contributed by atoms with van der Waals surface area (Å²) in [5, 5.41) is 37.3. The van der Waals surface area contributed by atoms with Crippen LogP contribution in [-0.2, 0) is 82.9 Å². The van der Waals surface area contributed by atoms with Gasteiger partial charge < -0.3 is 79.2 Å². The van der Waals surface area contributed by atoms with Crippen molar-refractivity contribution in [1.82, 2.24) is 25.8 Å². The van der Waals surface area contributed by atoms with Gasteiger partial charge in [-0.3, -0.25) is 38.4 Å². The highest BCUT2D eigenvalue weighted by molar-refractivity contribution is 5.98. The third-order valence-corrected chi connectivity index (χ3v) is 20.5. The summed E-state index contributed by atoms with van der Waals surface area (Å²) in [5.74, 6) is -9.89. The van der Waals surface area contributed by atoms with Crippen molar-refractivity contribution in [3.8, 4) is 0 Å². The van der Waals surface area contributed by atoms with Crippen molar-refractivity contribution in [3.05, 3.63) is 149 Å². The van der Waals surface area contributed by atoms with Crippen LogP contribution in [0.2, 0.25) is 0 Å². The van der Waals surface area contributed by atoms with Gasteiger partial charge in [0.15, 0.2) is 23.3 Å². The van der Waals surface area contributed by atoms with Gasteiger partial charge in [-0.05, 0) is 91.3 Å². The van der Waals surface area contributed by atoms with Crippen LogP contribution in [0.1, 0.15) is 133 Å². The Morgan fingerprint density at radius 2 is 1.32 bits per heavy atom. The number of carbonyl (C=O) groups is 12. The normalized spacial score (nSPS) is 25.9. The van der Waals surface area contributed by atoms with E-state index in [4.69, 9.17) is 37.9 Å². The minimum absolute atomic E-state index is 0.00120. The number of aliphatic hydroxyl groups excluding tert-OH is 1. The molecule has 6 amide bonds. The second-order valence-corrected chi connectivity index (χ2v) is 28.6. The van der Waals surface area contributed by atoms with Crippen LogP contribution in [0.3, 0.4) is 0 Å². The SMILES string of the molecule is CC(=O)O[C@H]1C(=O)[C@@]2(C)[C@H]([C@H](OC(=O)c3ccccc3)[C@]3(O)C[C@H](OC(=O)[C@H](OC(=O)N(C)CCN(C)C(=O)OCc4ccc(NC(=O)CNC(=O)[C@@H](NC(=O)C5CCC(C(=O)C(C)C)O5)C(C)C)cc4)[C@@H](NC(=O)c4ccccc4)c4ccccc4)C(C)=C1C3(C)C)[C@]1(OC(C)=O)CO[C@@H]1C[C@@H]2O. The maximum absolute atomic E-state index is 16.0. The van der Waals surface area contributed by atoms with Crippen LogP contribution in [0.15, 0.2) is 126 Å². The van der Waals surface area contributed by atoms with Crippen molar-refractivity contribution in [2.24, 2.45) is 28.6 Å². The number of rotatable bonds is 25. The zero-order valence-corrected chi connectivity index (χ0v) is 60.3. The molecule has 28 nitrogen and oxygen atoms in total. The molecule has 0 spiro atoms. The standard InChI is InChI=1S/C76H92N6O22/c1-41(2)58(79-67(90)52-33-32-51(100-52)60(87)42(3)4)68(91)77-38-56(86)78-50-30-28-46(29-31-50)39-97-71(94)81(11)34-35-82(12)72(95)102-62(59(47-22-16-13-17-23-47)80-66(89)48-24-18-14-19-25-48)70(93)101-53-37-76(96)65(103-69(92)49-26-20-15-21-27-49)63-74(10,54(85)36-55-75(63,40-98-55)104-45(7)84)64(88)61(99-44(6)83)57(43(53)5)73(76,8)9/h13-31,41-42,51-55,58-59,61-63,65,85,96H,32-40H2,1-12H3,(H,77,91)(H,78,86)(H,79,90)(H,80,89)/t51?,52?,53-,54-,55+,58-,59-,61+,62+,63-,65-,74+,75-,76+/m0/s1. The lowest BCUT2D eigenvalue weighted by Gasteiger charge is -2.67. The van der Waals surface area contributed by atoms with Gasteiger partial charge in [-0.25, -0.2) is 19.2 Å². The Balaban J connectivity index is 0.924. The summed E-state index contributed by atoms with van der Waals surface area (Å²) in [5.41, 5.74) is -7.22. The highest BCUT2D eigenvalue weighted by atomic mass is 16.6. The van der Waals surface area contributed by atoms with E-state index in [1.807, 2.05) is 0 Å². The largest absolute Gasteiger partial charge is 0.455 e. The predicted molar refractivity (Wildman–Crippen MR) is 370 cm³/mol. The number of nitrogens with zero attached hydrogens (tertiary/aromatic N) is 2. The molecule has 2 bridgehead atoms. The average molecular weight is 1440 g/mol. The molecule has 2 heterocycles. The summed E-state index contributed by atoms with van der Waals surface area (Å²) in [4.78, 5) is 169. The fourth-order valence-electron chi connectivity index (χ4n) is 14.6. The van der Waals surface area contributed by atoms with Crippen LogP contribution < -0.4 is 21.3 Å². The first-order valence-corrected chi connectivity index (χ1v) is 34.6. The van der Waals surface area contributed by atoms with Crippen LogP contribution in [-0.4, -0.2) is 198 Å². The van der Waals surface area contributed by atoms with E-state index in [1.54, 1.807) is 119 Å². The number of aliphatic hydroxyl groups is 2. The van der Waals surface area contributed by atoms with Crippen LogP contribution in [0.25, 0.3) is 0 Å². The second-order valence-electron chi connectivity index (χ2n) is 28.6. The van der Waals surface area contributed by atoms with E-state index in [0.29, 0.717) is 24.1 Å². The Hall–Kier alpha value is -9.90. The first kappa shape index (κ1) is 78.2. The Kier molecular flexibility index (Phi) is 24.4. The molecule has 2 saturated carbocycles. The van der Waals surface area contributed by atoms with Crippen molar-refractivity contribution in [3.63, 3.8) is 0 Å². The number of nitrogens with one attached hydrogen (secondary N) is 4. The third-order valence-electron chi connectivity index (χ3n) is 20.5. The molecular weight excluding hydrogens is 1350 g/mol. The quantitative estimate of drug-likeness (QED) is 0.0250. The zero-order valence-electron chi connectivity index (χ0n) is 60.3. The number of hydrogen-bond donors (Lipinski definition) is 6. The van der Waals surface area contributed by atoms with Gasteiger partial charge in [0.1, 0.15) is 54.8 Å². The molecule has 14 atom stereocenters. The topological polar surface area (TPSA) is 374 Å². The van der Waals surface area contributed by atoms with Gasteiger partial charge in [-0.15, -0.1) is 0 Å². The second kappa shape index (κ2) is 32.4. The van der Waals surface area contributed by atoms with Crippen LogP contribution in [0.4, 0.5) is 15.3 Å². The van der Waals surface area contributed by atoms with Crippen LogP contribution >= 0.6 is 0 Å². The number of anilines is 1. The number of likely N-dealkylation sites (N-methyl/N-ethyl adjacent to an activating group) is 2. The van der Waals surface area contributed by atoms with Gasteiger partial charge in [-0.1, -0.05) is 120 Å². The summed E-state index contributed by atoms with van der Waals surface area (Å²) in [6.07, 6.45) is -14.3. The lowest BCUT2D eigenvalue weighted by Crippen LogP contribution is -2.82. The Bertz CT molecular complexity index is 3930. The van der Waals surface area contributed by atoms with Crippen LogP contribution in [0, 0.1) is 28.6 Å². The maximum Gasteiger partial charge on any atom is 0.410 e. The third kappa shape index (κ3) is 16.5. The number of hydrogen-bond acceptors (Lipinski definition) is 22. The van der Waals surface area contributed by atoms with Crippen molar-refractivity contribution in [2.45, 2.75) is 174 Å². The summed E-state index contributed by atoms with van der Waals surface area (Å²) >= 11 is 0. The minimum atomic E-state index is -2.56. The molecule has 4 aromatic carbocycles. The first-order chi connectivity index (χ1) is 49.1. The van der Waals surface area contributed by atoms with E-state index < -0.39 is 174 Å². The van der Waals surface area contributed by atoms with E-state index in [2.05, 4.69) is 21.3 Å². The van der Waals surface area contributed by atoms with Gasteiger partial charge in [0.25, 0.3) is 5.91 Å². The number of ketones is 2. The molecule has 0 aromatic heterocycles. The summed E-state index contributed by atoms with van der Waals surface area (Å²) in [6.45, 7) is 13.6. The number of amides is 6. The molecule has 6 N–H and O–H groups in total. The molecule has 4 aromatic rings. The lowest BCUT2D eigenvalue weighted by atomic mass is 9.44. The first-order valence-electron chi connectivity index (χ1n) is 34.6. The molecule has 2 unspecified atom stereocenters. The molecule has 4 fully saturated rings. The predicted octanol–water partition coefficient (Wildman–Crippen LogP) is 6.05. The number of Topliss-reactive ketones (excluding diaryl/α,β-unsaturated/α-hetero) is 2. The van der Waals surface area contributed by atoms with E-state index in [0.717, 1.165) is 18.7 Å². The zero-order chi connectivity index (χ0) is 75.9. The summed E-state index contributed by atoms with van der Waals surface area (Å²) in [6, 6.07) is 27.4. The highest BCUT2D eigenvalue weighted by Gasteiger charge is 2.78. The molecule has 28 heteroatoms. The molecule has 558 valence electrons. The molecule has 0 radical (unpaired) electrons. The molecular formula is C76H92N6O22. The lowest BCUT2D eigenvalue weighted by molar-refractivity contribution is -0.346. The molecule has 9 rings (SSSR count). The van der Waals surface area contributed by atoms with E-state index in [1.165, 1.54) is 71.0 Å². The monoisotopic (exact) mass is 1440 g/mol. The fourth-order valence-corrected chi connectivity index (χ4v) is 14.6. The van der Waals surface area contributed by atoms with Gasteiger partial charge in [0.2, 0.25) is 23.8 Å². The molecule has 5 aliphatic rings. The maximum atomic E-state index is 16.0. The number of carbonyl (C=O) groups excluding carboxylic acids is 12.